The van der Waals surface area contributed by atoms with E-state index in [4.69, 9.17) is 5.73 Å². The van der Waals surface area contributed by atoms with Crippen molar-refractivity contribution in [3.05, 3.63) is 0 Å². The molecule has 0 radical (unpaired) electrons. The van der Waals surface area contributed by atoms with Crippen molar-refractivity contribution in [1.29, 1.82) is 0 Å². The van der Waals surface area contributed by atoms with Gasteiger partial charge in [0.1, 0.15) is 0 Å². The Balaban J connectivity index is 2.40. The Morgan fingerprint density at radius 3 is 2.33 bits per heavy atom. The van der Waals surface area contributed by atoms with E-state index in [0.717, 1.165) is 6.54 Å². The molecule has 0 saturated carbocycles. The van der Waals surface area contributed by atoms with E-state index in [0.29, 0.717) is 18.4 Å². The molecule has 1 aliphatic heterocycles. The first-order valence-electron chi connectivity index (χ1n) is 7.09. The van der Waals surface area contributed by atoms with Gasteiger partial charge in [-0.15, -0.1) is 0 Å². The van der Waals surface area contributed by atoms with Gasteiger partial charge in [-0.25, -0.2) is 0 Å². The van der Waals surface area contributed by atoms with Gasteiger partial charge in [-0.1, -0.05) is 13.8 Å². The van der Waals surface area contributed by atoms with Crippen molar-refractivity contribution < 1.29 is 4.79 Å². The number of hydrogen-bond acceptors (Lipinski definition) is 3. The van der Waals surface area contributed by atoms with Gasteiger partial charge in [-0.05, 0) is 45.7 Å². The Kier molecular flexibility index (Phi) is 5.60. The Morgan fingerprint density at radius 2 is 1.89 bits per heavy atom. The molecular weight excluding hydrogens is 226 g/mol. The van der Waals surface area contributed by atoms with Gasteiger partial charge >= 0.3 is 0 Å². The van der Waals surface area contributed by atoms with Crippen LogP contribution in [0, 0.1) is 5.92 Å². The first-order valence-corrected chi connectivity index (χ1v) is 7.09. The van der Waals surface area contributed by atoms with Gasteiger partial charge in [0.25, 0.3) is 0 Å². The van der Waals surface area contributed by atoms with Gasteiger partial charge in [0.05, 0.1) is 0 Å². The first kappa shape index (κ1) is 15.4. The maximum absolute atomic E-state index is 11.8. The van der Waals surface area contributed by atoms with Crippen LogP contribution in [0.25, 0.3) is 0 Å². The summed E-state index contributed by atoms with van der Waals surface area (Å²) in [6.07, 6.45) is 2.96. The van der Waals surface area contributed by atoms with Crippen molar-refractivity contribution in [3.63, 3.8) is 0 Å². The molecule has 1 rings (SSSR count). The Morgan fingerprint density at radius 1 is 1.33 bits per heavy atom. The molecule has 0 aromatic carbocycles. The number of nitrogens with zero attached hydrogens (tertiary/aromatic N) is 1. The van der Waals surface area contributed by atoms with E-state index in [1.54, 1.807) is 0 Å². The summed E-state index contributed by atoms with van der Waals surface area (Å²) in [5.41, 5.74) is 5.43. The molecule has 1 amide bonds. The summed E-state index contributed by atoms with van der Waals surface area (Å²) in [6, 6.07) is 0.456. The number of hydrogen-bond donors (Lipinski definition) is 2. The summed E-state index contributed by atoms with van der Waals surface area (Å²) in [4.78, 5) is 14.3. The number of carbonyl (C=O) groups is 1. The molecule has 0 aliphatic carbocycles. The minimum atomic E-state index is -0.426. The molecule has 3 N–H and O–H groups in total. The van der Waals surface area contributed by atoms with Gasteiger partial charge in [-0.3, -0.25) is 9.69 Å². The lowest BCUT2D eigenvalue weighted by Gasteiger charge is -2.31. The second kappa shape index (κ2) is 6.53. The van der Waals surface area contributed by atoms with Gasteiger partial charge in [0.2, 0.25) is 5.91 Å². The molecule has 4 heteroatoms. The lowest BCUT2D eigenvalue weighted by Crippen LogP contribution is -2.47. The van der Waals surface area contributed by atoms with Crippen LogP contribution in [0.1, 0.15) is 47.0 Å². The van der Waals surface area contributed by atoms with E-state index in [9.17, 15) is 4.79 Å². The molecule has 0 bridgehead atoms. The molecule has 0 aromatic heterocycles. The third-order valence-electron chi connectivity index (χ3n) is 3.50. The minimum absolute atomic E-state index is 0.0624. The summed E-state index contributed by atoms with van der Waals surface area (Å²) in [7, 11) is 0. The number of nitrogens with one attached hydrogen (secondary N) is 1. The van der Waals surface area contributed by atoms with E-state index >= 15 is 0 Å². The highest BCUT2D eigenvalue weighted by Crippen LogP contribution is 2.17. The van der Waals surface area contributed by atoms with Crippen molar-refractivity contribution in [2.75, 3.05) is 19.6 Å². The molecule has 1 saturated heterocycles. The zero-order valence-corrected chi connectivity index (χ0v) is 12.3. The molecule has 1 aliphatic rings. The third-order valence-corrected chi connectivity index (χ3v) is 3.50. The minimum Gasteiger partial charge on any atom is -0.354 e. The highest BCUT2D eigenvalue weighted by atomic mass is 16.1. The zero-order valence-electron chi connectivity index (χ0n) is 12.3. The number of likely N-dealkylation sites (tertiary alicyclic amines) is 1. The fourth-order valence-corrected chi connectivity index (χ4v) is 2.55. The number of nitrogens with two attached hydrogens (primary N) is 1. The van der Waals surface area contributed by atoms with Crippen LogP contribution in [0.3, 0.4) is 0 Å². The molecule has 1 atom stereocenters. The van der Waals surface area contributed by atoms with Crippen LogP contribution in [0.2, 0.25) is 0 Å². The highest BCUT2D eigenvalue weighted by molar-refractivity contribution is 5.77. The summed E-state index contributed by atoms with van der Waals surface area (Å²) in [6.45, 7) is 11.3. The van der Waals surface area contributed by atoms with E-state index in [-0.39, 0.29) is 5.91 Å². The van der Waals surface area contributed by atoms with Crippen molar-refractivity contribution in [2.24, 2.45) is 11.7 Å². The molecule has 0 spiro atoms. The van der Waals surface area contributed by atoms with E-state index in [2.05, 4.69) is 24.1 Å². The van der Waals surface area contributed by atoms with Gasteiger partial charge in [0.15, 0.2) is 0 Å². The summed E-state index contributed by atoms with van der Waals surface area (Å²) in [5, 5.41) is 3.04. The predicted molar refractivity (Wildman–Crippen MR) is 75.3 cm³/mol. The number of carbonyl (C=O) groups excluding carboxylic acids is 1. The van der Waals surface area contributed by atoms with Crippen LogP contribution in [0.5, 0.6) is 0 Å². The Hall–Kier alpha value is -0.610. The topological polar surface area (TPSA) is 58.4 Å². The quantitative estimate of drug-likeness (QED) is 0.753. The van der Waals surface area contributed by atoms with E-state index < -0.39 is 5.54 Å². The summed E-state index contributed by atoms with van der Waals surface area (Å²) < 4.78 is 0. The van der Waals surface area contributed by atoms with Crippen LogP contribution in [-0.4, -0.2) is 42.0 Å². The van der Waals surface area contributed by atoms with Gasteiger partial charge < -0.3 is 11.1 Å². The standard InChI is InChI=1S/C14H29N3O/c1-11(2)12(17-7-5-6-8-17)10-16-13(18)9-14(3,4)15/h11-12H,5-10,15H2,1-4H3,(H,16,18). The molecule has 1 unspecified atom stereocenters. The summed E-state index contributed by atoms with van der Waals surface area (Å²) in [5.74, 6) is 0.627. The van der Waals surface area contributed by atoms with Crippen LogP contribution < -0.4 is 11.1 Å². The number of amides is 1. The molecule has 18 heavy (non-hydrogen) atoms. The van der Waals surface area contributed by atoms with Crippen molar-refractivity contribution in [2.45, 2.75) is 58.5 Å². The zero-order chi connectivity index (χ0) is 13.8. The summed E-state index contributed by atoms with van der Waals surface area (Å²) >= 11 is 0. The van der Waals surface area contributed by atoms with Gasteiger partial charge in [-0.2, -0.15) is 0 Å². The molecule has 1 fully saturated rings. The van der Waals surface area contributed by atoms with Crippen LogP contribution >= 0.6 is 0 Å². The average Bonchev–Trinajstić information content (AvgIpc) is 2.67. The fraction of sp³-hybridized carbons (Fsp3) is 0.929. The van der Waals surface area contributed by atoms with Crippen LogP contribution in [-0.2, 0) is 4.79 Å². The maximum atomic E-state index is 11.8. The van der Waals surface area contributed by atoms with E-state index in [1.165, 1.54) is 25.9 Å². The molecule has 0 aromatic rings. The Labute approximate surface area is 111 Å². The maximum Gasteiger partial charge on any atom is 0.221 e. The average molecular weight is 255 g/mol. The fourth-order valence-electron chi connectivity index (χ4n) is 2.55. The Bertz CT molecular complexity index is 265. The smallest absolute Gasteiger partial charge is 0.221 e. The normalized spacial score (nSPS) is 19.2. The monoisotopic (exact) mass is 255 g/mol. The highest BCUT2D eigenvalue weighted by Gasteiger charge is 2.25. The second-order valence-electron chi connectivity index (χ2n) is 6.52. The van der Waals surface area contributed by atoms with Crippen LogP contribution in [0.4, 0.5) is 0 Å². The number of rotatable bonds is 6. The van der Waals surface area contributed by atoms with Gasteiger partial charge in [0, 0.05) is 24.5 Å². The molecule has 4 nitrogen and oxygen atoms in total. The molecule has 106 valence electrons. The van der Waals surface area contributed by atoms with Crippen molar-refractivity contribution in [1.82, 2.24) is 10.2 Å². The molecule has 1 heterocycles. The predicted octanol–water partition coefficient (Wildman–Crippen LogP) is 1.35. The van der Waals surface area contributed by atoms with E-state index in [1.807, 2.05) is 13.8 Å². The lowest BCUT2D eigenvalue weighted by molar-refractivity contribution is -0.122. The first-order chi connectivity index (χ1) is 8.29. The second-order valence-corrected chi connectivity index (χ2v) is 6.52. The van der Waals surface area contributed by atoms with Crippen LogP contribution in [0.15, 0.2) is 0 Å². The molecular formula is C14H29N3O. The van der Waals surface area contributed by atoms with Crippen molar-refractivity contribution >= 4 is 5.91 Å². The SMILES string of the molecule is CC(C)C(CNC(=O)CC(C)(C)N)N1CCCC1. The largest absolute Gasteiger partial charge is 0.354 e. The van der Waals surface area contributed by atoms with Crippen molar-refractivity contribution in [3.8, 4) is 0 Å². The lowest BCUT2D eigenvalue weighted by atomic mass is 10.0. The third kappa shape index (κ3) is 5.36.